The number of para-hydroxylation sites is 1. The van der Waals surface area contributed by atoms with E-state index in [0.29, 0.717) is 84.2 Å². The lowest BCUT2D eigenvalue weighted by Crippen LogP contribution is -2.53. The van der Waals surface area contributed by atoms with Crippen molar-refractivity contribution in [2.45, 2.75) is 150 Å². The van der Waals surface area contributed by atoms with Gasteiger partial charge in [0.2, 0.25) is 17.7 Å². The van der Waals surface area contributed by atoms with E-state index in [2.05, 4.69) is 40.1 Å². The number of rotatable bonds is 28. The Morgan fingerprint density at radius 1 is 0.779 bits per heavy atom. The summed E-state index contributed by atoms with van der Waals surface area (Å²) in [5.74, 6) is -4.41. The van der Waals surface area contributed by atoms with Gasteiger partial charge in [0, 0.05) is 85.9 Å². The molecule has 3 aromatic heterocycles. The number of aromatic carboxylic acids is 1. The Morgan fingerprint density at radius 2 is 1.55 bits per heavy atom. The molecule has 5 heterocycles. The number of hydrogen-bond acceptors (Lipinski definition) is 16. The molecule has 25 heteroatoms. The lowest BCUT2D eigenvalue weighted by Gasteiger charge is -2.46. The van der Waals surface area contributed by atoms with Crippen molar-refractivity contribution in [1.82, 2.24) is 40.2 Å². The van der Waals surface area contributed by atoms with Crippen molar-refractivity contribution < 1.29 is 62.8 Å². The lowest BCUT2D eigenvalue weighted by atomic mass is 9.60. The average Bonchev–Trinajstić information content (AvgIpc) is 1.51. The van der Waals surface area contributed by atoms with Gasteiger partial charge in [0.25, 0.3) is 17.7 Å². The predicted molar refractivity (Wildman–Crippen MR) is 354 cm³/mol. The monoisotopic (exact) mass is 1320 g/mol. The van der Waals surface area contributed by atoms with Gasteiger partial charge in [-0.1, -0.05) is 81.9 Å². The molecular weight excluding hydrogens is 1230 g/mol. The quantitative estimate of drug-likeness (QED) is 0.0197. The molecule has 7 amide bonds. The molecule has 0 saturated heterocycles. The van der Waals surface area contributed by atoms with E-state index in [-0.39, 0.29) is 97.2 Å². The van der Waals surface area contributed by atoms with Crippen LogP contribution in [0, 0.1) is 29.1 Å². The molecule has 6 aliphatic rings. The SMILES string of the molecule is Cc1c(-c2ccc(N3CCc4cccc(C(=O)Nc5nc6ccccc6s5)c4C3)nc2C(=O)O)cnn1CC12CC3(C)CC(C)(C1)C(OCCN(CCC(=O)O)C(=O)OCc1ccc(NC(=O)[C@H](C)NC(=O)[C@@H](NC(=O)CCCCCN4C(=O)C=CC4=O)C(C)C)cc1)(C3)C2. The molecule has 4 aliphatic carbocycles. The number of pyridine rings is 1. The number of carbonyl (C=O) groups is 9. The van der Waals surface area contributed by atoms with Gasteiger partial charge in [-0.3, -0.25) is 48.5 Å². The largest absolute Gasteiger partial charge is 0.481 e. The van der Waals surface area contributed by atoms with Crippen molar-refractivity contribution in [3.05, 3.63) is 131 Å². The van der Waals surface area contributed by atoms with Gasteiger partial charge in [-0.25, -0.2) is 19.6 Å². The fourth-order valence-corrected chi connectivity index (χ4v) is 16.4. The maximum absolute atomic E-state index is 13.8. The van der Waals surface area contributed by atoms with Gasteiger partial charge >= 0.3 is 18.0 Å². The number of imide groups is 1. The molecule has 4 fully saturated rings. The fourth-order valence-electron chi connectivity index (χ4n) is 15.5. The molecule has 2 aliphatic heterocycles. The van der Waals surface area contributed by atoms with E-state index in [1.807, 2.05) is 59.0 Å². The van der Waals surface area contributed by atoms with Crippen molar-refractivity contribution in [3.63, 3.8) is 0 Å². The summed E-state index contributed by atoms with van der Waals surface area (Å²) in [4.78, 5) is 129. The predicted octanol–water partition coefficient (Wildman–Crippen LogP) is 9.31. The van der Waals surface area contributed by atoms with E-state index in [9.17, 15) is 53.4 Å². The summed E-state index contributed by atoms with van der Waals surface area (Å²) in [6.07, 6.45) is 9.88. The molecule has 0 radical (unpaired) electrons. The number of carboxylic acid groups (broad SMARTS) is 2. The summed E-state index contributed by atoms with van der Waals surface area (Å²) >= 11 is 1.41. The normalized spacial score (nSPS) is 21.4. The molecule has 12 rings (SSSR count). The van der Waals surface area contributed by atoms with Crippen LogP contribution < -0.4 is 26.2 Å². The van der Waals surface area contributed by atoms with E-state index < -0.39 is 47.5 Å². The zero-order valence-electron chi connectivity index (χ0n) is 54.3. The number of thiazole rings is 1. The Morgan fingerprint density at radius 3 is 2.28 bits per heavy atom. The first-order valence-corrected chi connectivity index (χ1v) is 33.2. The van der Waals surface area contributed by atoms with Crippen molar-refractivity contribution in [2.24, 2.45) is 22.2 Å². The second kappa shape index (κ2) is 27.5. The second-order valence-corrected chi connectivity index (χ2v) is 28.2. The van der Waals surface area contributed by atoms with E-state index in [4.69, 9.17) is 19.6 Å². The smallest absolute Gasteiger partial charge is 0.410 e. The van der Waals surface area contributed by atoms with Gasteiger partial charge in [0.15, 0.2) is 10.8 Å². The van der Waals surface area contributed by atoms with Crippen LogP contribution in [0.1, 0.15) is 142 Å². The summed E-state index contributed by atoms with van der Waals surface area (Å²) in [5.41, 5.74) is 5.05. The standard InChI is InChI=1S/C70H81N11O13S/c1-42(2)59(76-55(82)17-8-7-11-28-80-56(83)24-25-57(80)84)63(89)72-43(3)61(87)73-47-20-18-45(19-21-47)35-93-66(92)78(30-27-58(85)86)31-32-94-70-38-67(5)36-68(70,6)39-69(37-67,40-70)41-81-44(4)50(33-71-81)48-22-23-54(75-60(48)64(90)91)79-29-26-46-13-12-14-49(51(46)34-79)62(88)77-65-74-52-15-9-10-16-53(52)95-65/h9-10,12-16,18-25,33,42-43,59H,7-8,11,17,26-32,34-41H2,1-6H3,(H,72,89)(H,73,87)(H,76,82)(H,85,86)(H,90,91)(H,74,77,88)/t43-,59-,67?,68?,69?,70?/m0/s1. The highest BCUT2D eigenvalue weighted by Crippen LogP contribution is 2.77. The highest BCUT2D eigenvalue weighted by atomic mass is 32.1. The number of aromatic nitrogens is 4. The number of nitrogens with one attached hydrogen (secondary N) is 4. The third-order valence-electron chi connectivity index (χ3n) is 19.6. The van der Waals surface area contributed by atoms with Crippen LogP contribution in [0.15, 0.2) is 97.2 Å². The van der Waals surface area contributed by atoms with Crippen LogP contribution in [-0.4, -0.2) is 144 Å². The summed E-state index contributed by atoms with van der Waals surface area (Å²) in [7, 11) is 0. The molecule has 4 saturated carbocycles. The second-order valence-electron chi connectivity index (χ2n) is 27.2. The number of anilines is 3. The molecule has 6 N–H and O–H groups in total. The van der Waals surface area contributed by atoms with Crippen LogP contribution in [0.3, 0.4) is 0 Å². The molecule has 6 atom stereocenters. The van der Waals surface area contributed by atoms with Crippen molar-refractivity contribution >= 4 is 91.7 Å². The average molecular weight is 1320 g/mol. The number of benzene rings is 3. The summed E-state index contributed by atoms with van der Waals surface area (Å²) in [6.45, 7) is 13.4. The molecule has 4 unspecified atom stereocenters. The van der Waals surface area contributed by atoms with Gasteiger partial charge in [-0.2, -0.15) is 5.10 Å². The maximum Gasteiger partial charge on any atom is 0.410 e. The van der Waals surface area contributed by atoms with E-state index in [1.54, 1.807) is 56.4 Å². The van der Waals surface area contributed by atoms with Crippen molar-refractivity contribution in [2.75, 3.05) is 48.3 Å². The molecule has 0 spiro atoms. The number of fused-ring (bicyclic) bond motifs is 2. The van der Waals surface area contributed by atoms with Gasteiger partial charge in [-0.05, 0) is 147 Å². The van der Waals surface area contributed by atoms with Crippen LogP contribution in [0.2, 0.25) is 0 Å². The number of carbonyl (C=O) groups excluding carboxylic acids is 7. The lowest BCUT2D eigenvalue weighted by molar-refractivity contribution is -0.138. The number of nitrogens with zero attached hydrogens (tertiary/aromatic N) is 7. The molecule has 6 aromatic rings. The summed E-state index contributed by atoms with van der Waals surface area (Å²) in [6, 6.07) is 21.7. The van der Waals surface area contributed by atoms with Gasteiger partial charge in [0.05, 0.1) is 35.0 Å². The summed E-state index contributed by atoms with van der Waals surface area (Å²) < 4.78 is 15.7. The first kappa shape index (κ1) is 67.1. The molecule has 4 bridgehead atoms. The Bertz CT molecular complexity index is 3980. The minimum atomic E-state index is -1.17. The van der Waals surface area contributed by atoms with Crippen LogP contribution in [0.4, 0.5) is 21.4 Å². The highest BCUT2D eigenvalue weighted by molar-refractivity contribution is 7.22. The van der Waals surface area contributed by atoms with Crippen LogP contribution >= 0.6 is 11.3 Å². The Labute approximate surface area is 554 Å². The zero-order valence-corrected chi connectivity index (χ0v) is 55.1. The fraction of sp³-hybridized carbons (Fsp3) is 0.457. The third-order valence-corrected chi connectivity index (χ3v) is 20.5. The summed E-state index contributed by atoms with van der Waals surface area (Å²) in [5, 5.41) is 37.0. The van der Waals surface area contributed by atoms with Gasteiger partial charge < -0.3 is 45.4 Å². The number of hydrogen-bond donors (Lipinski definition) is 6. The topological polar surface area (TPSA) is 314 Å². The minimum absolute atomic E-state index is 0.0433. The number of aliphatic carboxylic acids is 1. The zero-order chi connectivity index (χ0) is 67.6. The number of amides is 7. The first-order chi connectivity index (χ1) is 45.3. The van der Waals surface area contributed by atoms with E-state index in [0.717, 1.165) is 64.0 Å². The molecule has 500 valence electrons. The number of unbranched alkanes of at least 4 members (excludes halogenated alkanes) is 2. The van der Waals surface area contributed by atoms with E-state index in [1.165, 1.54) is 35.3 Å². The Kier molecular flexibility index (Phi) is 19.4. The van der Waals surface area contributed by atoms with Gasteiger partial charge in [0.1, 0.15) is 24.5 Å². The van der Waals surface area contributed by atoms with Crippen molar-refractivity contribution in [1.29, 1.82) is 0 Å². The van der Waals surface area contributed by atoms with Crippen LogP contribution in [0.25, 0.3) is 21.3 Å². The molecule has 95 heavy (non-hydrogen) atoms. The first-order valence-electron chi connectivity index (χ1n) is 32.4. The van der Waals surface area contributed by atoms with Crippen LogP contribution in [0.5, 0.6) is 0 Å². The van der Waals surface area contributed by atoms with Gasteiger partial charge in [-0.15, -0.1) is 0 Å². The van der Waals surface area contributed by atoms with E-state index >= 15 is 0 Å². The van der Waals surface area contributed by atoms with Crippen LogP contribution in [-0.2, 0) is 64.4 Å². The van der Waals surface area contributed by atoms with Crippen molar-refractivity contribution in [3.8, 4) is 11.1 Å². The Hall–Kier alpha value is -9.36. The number of ether oxygens (including phenoxy) is 2. The molecule has 24 nitrogen and oxygen atoms in total. The molecule has 3 aromatic carbocycles. The third kappa shape index (κ3) is 14.6. The highest BCUT2D eigenvalue weighted by Gasteiger charge is 2.74. The maximum atomic E-state index is 13.8. The molecular formula is C70H81N11O13S. The minimum Gasteiger partial charge on any atom is -0.481 e. The number of carboxylic acids is 2. The Balaban J connectivity index is 0.669.